The maximum absolute atomic E-state index is 13.2. The van der Waals surface area contributed by atoms with Gasteiger partial charge in [0.05, 0.1) is 0 Å². The van der Waals surface area contributed by atoms with E-state index in [9.17, 15) is 13.2 Å². The van der Waals surface area contributed by atoms with Crippen LogP contribution in [-0.4, -0.2) is 25.3 Å². The van der Waals surface area contributed by atoms with Crippen LogP contribution >= 0.6 is 0 Å². The van der Waals surface area contributed by atoms with Crippen LogP contribution in [0.15, 0.2) is 16.7 Å². The Morgan fingerprint density at radius 1 is 1.67 bits per heavy atom. The molecule has 1 aliphatic heterocycles. The summed E-state index contributed by atoms with van der Waals surface area (Å²) in [6.07, 6.45) is 1.48. The molecule has 0 bridgehead atoms. The average Bonchev–Trinajstić information content (AvgIpc) is 2.14. The third kappa shape index (κ3) is 3.91. The number of hydrogen-bond donors (Lipinski definition) is 1. The molecular formula is C9H13F3N2O. The molecule has 3 nitrogen and oxygen atoms in total. The lowest BCUT2D eigenvalue weighted by Gasteiger charge is -2.17. The van der Waals surface area contributed by atoms with E-state index in [0.29, 0.717) is 6.92 Å². The molecular weight excluding hydrogens is 209 g/mol. The van der Waals surface area contributed by atoms with E-state index in [4.69, 9.17) is 5.73 Å². The van der Waals surface area contributed by atoms with Crippen LogP contribution in [0, 0.1) is 5.92 Å². The Bertz CT molecular complexity index is 284. The summed E-state index contributed by atoms with van der Waals surface area (Å²) in [5.41, 5.74) is 5.31. The summed E-state index contributed by atoms with van der Waals surface area (Å²) in [5.74, 6) is -4.16. The minimum atomic E-state index is -2.99. The molecule has 6 heteroatoms. The van der Waals surface area contributed by atoms with Gasteiger partial charge in [-0.25, -0.2) is 18.2 Å². The second kappa shape index (κ2) is 4.65. The Balaban J connectivity index is 2.53. The van der Waals surface area contributed by atoms with Crippen molar-refractivity contribution < 1.29 is 17.9 Å². The first kappa shape index (κ1) is 12.0. The maximum Gasteiger partial charge on any atom is 0.278 e. The topological polar surface area (TPSA) is 47.6 Å². The standard InChI is InChI=1S/C9H13F3N2O/c1-9(11,12)5-15-8-7(10)2-6(3-13)4-14-8/h4,6H,2-3,5,13H2,1H3/t6-/m0/s1. The predicted molar refractivity (Wildman–Crippen MR) is 50.4 cm³/mol. The van der Waals surface area contributed by atoms with Gasteiger partial charge in [-0.3, -0.25) is 0 Å². The molecule has 1 heterocycles. The fraction of sp³-hybridized carbons (Fsp3) is 0.667. The van der Waals surface area contributed by atoms with Crippen LogP contribution in [0.4, 0.5) is 13.2 Å². The summed E-state index contributed by atoms with van der Waals surface area (Å²) in [7, 11) is 0. The zero-order valence-electron chi connectivity index (χ0n) is 8.34. The second-order valence-electron chi connectivity index (χ2n) is 3.55. The number of rotatable bonds is 4. The van der Waals surface area contributed by atoms with Gasteiger partial charge >= 0.3 is 0 Å². The molecule has 1 rings (SSSR count). The van der Waals surface area contributed by atoms with Crippen LogP contribution in [-0.2, 0) is 4.74 Å². The summed E-state index contributed by atoms with van der Waals surface area (Å²) in [6, 6.07) is 0. The van der Waals surface area contributed by atoms with E-state index in [-0.39, 0.29) is 24.8 Å². The average molecular weight is 222 g/mol. The number of nitrogens with zero attached hydrogens (tertiary/aromatic N) is 1. The molecule has 0 saturated carbocycles. The molecule has 2 N–H and O–H groups in total. The summed E-state index contributed by atoms with van der Waals surface area (Å²) in [6.45, 7) is 0.0925. The van der Waals surface area contributed by atoms with Gasteiger partial charge in [0.2, 0.25) is 5.88 Å². The molecule has 86 valence electrons. The van der Waals surface area contributed by atoms with Crippen LogP contribution in [0.2, 0.25) is 0 Å². The second-order valence-corrected chi connectivity index (χ2v) is 3.55. The lowest BCUT2D eigenvalue weighted by Crippen LogP contribution is -2.22. The molecule has 0 aliphatic carbocycles. The summed E-state index contributed by atoms with van der Waals surface area (Å²) < 4.78 is 42.6. The Hall–Kier alpha value is -1.04. The van der Waals surface area contributed by atoms with Gasteiger partial charge in [-0.05, 0) is 0 Å². The van der Waals surface area contributed by atoms with E-state index in [1.165, 1.54) is 6.21 Å². The first-order valence-corrected chi connectivity index (χ1v) is 4.56. The third-order valence-electron chi connectivity index (χ3n) is 1.84. The van der Waals surface area contributed by atoms with E-state index < -0.39 is 18.4 Å². The number of aliphatic imine (C=N–C) groups is 1. The lowest BCUT2D eigenvalue weighted by molar-refractivity contribution is -0.0457. The molecule has 15 heavy (non-hydrogen) atoms. The van der Waals surface area contributed by atoms with Gasteiger partial charge in [0.15, 0.2) is 12.4 Å². The van der Waals surface area contributed by atoms with Gasteiger partial charge in [-0.15, -0.1) is 0 Å². The molecule has 0 aromatic rings. The lowest BCUT2D eigenvalue weighted by atomic mass is 10.1. The van der Waals surface area contributed by atoms with Gasteiger partial charge < -0.3 is 10.5 Å². The van der Waals surface area contributed by atoms with Crippen molar-refractivity contribution in [2.45, 2.75) is 19.3 Å². The van der Waals surface area contributed by atoms with Crippen LogP contribution in [0.3, 0.4) is 0 Å². The number of alkyl halides is 2. The predicted octanol–water partition coefficient (Wildman–Crippen LogP) is 1.85. The van der Waals surface area contributed by atoms with Crippen LogP contribution in [0.25, 0.3) is 0 Å². The van der Waals surface area contributed by atoms with Gasteiger partial charge in [0, 0.05) is 32.0 Å². The fourth-order valence-electron chi connectivity index (χ4n) is 1.07. The van der Waals surface area contributed by atoms with E-state index in [1.807, 2.05) is 0 Å². The SMILES string of the molecule is CC(F)(F)COC1=C(F)C[C@@H](CN)C=N1. The summed E-state index contributed by atoms with van der Waals surface area (Å²) in [4.78, 5) is 3.61. The Kier molecular flexibility index (Phi) is 3.73. The molecule has 0 aromatic carbocycles. The fourth-order valence-corrected chi connectivity index (χ4v) is 1.07. The van der Waals surface area contributed by atoms with Crippen molar-refractivity contribution in [3.8, 4) is 0 Å². The zero-order valence-corrected chi connectivity index (χ0v) is 8.34. The summed E-state index contributed by atoms with van der Waals surface area (Å²) >= 11 is 0. The Morgan fingerprint density at radius 2 is 2.33 bits per heavy atom. The first-order valence-electron chi connectivity index (χ1n) is 4.56. The highest BCUT2D eigenvalue weighted by atomic mass is 19.3. The van der Waals surface area contributed by atoms with E-state index in [0.717, 1.165) is 0 Å². The highest BCUT2D eigenvalue weighted by Crippen LogP contribution is 2.24. The van der Waals surface area contributed by atoms with Crippen molar-refractivity contribution in [1.82, 2.24) is 0 Å². The largest absolute Gasteiger partial charge is 0.469 e. The van der Waals surface area contributed by atoms with E-state index in [2.05, 4.69) is 9.73 Å². The minimum absolute atomic E-state index is 0.0601. The number of ether oxygens (including phenoxy) is 1. The van der Waals surface area contributed by atoms with Crippen molar-refractivity contribution >= 4 is 6.21 Å². The van der Waals surface area contributed by atoms with E-state index >= 15 is 0 Å². The Labute approximate surface area is 85.8 Å². The van der Waals surface area contributed by atoms with Crippen LogP contribution in [0.1, 0.15) is 13.3 Å². The van der Waals surface area contributed by atoms with Crippen molar-refractivity contribution in [2.24, 2.45) is 16.6 Å². The van der Waals surface area contributed by atoms with Gasteiger partial charge in [-0.2, -0.15) is 0 Å². The highest BCUT2D eigenvalue weighted by Gasteiger charge is 2.25. The van der Waals surface area contributed by atoms with Crippen molar-refractivity contribution in [3.05, 3.63) is 11.7 Å². The zero-order chi connectivity index (χ0) is 11.5. The van der Waals surface area contributed by atoms with Crippen molar-refractivity contribution in [1.29, 1.82) is 0 Å². The molecule has 1 atom stereocenters. The molecule has 0 fully saturated rings. The highest BCUT2D eigenvalue weighted by molar-refractivity contribution is 5.64. The van der Waals surface area contributed by atoms with Gasteiger partial charge in [-0.1, -0.05) is 0 Å². The van der Waals surface area contributed by atoms with Crippen LogP contribution in [0.5, 0.6) is 0 Å². The molecule has 0 saturated heterocycles. The molecule has 0 radical (unpaired) electrons. The molecule has 1 aliphatic rings. The molecule has 0 amide bonds. The van der Waals surface area contributed by atoms with Crippen molar-refractivity contribution in [3.63, 3.8) is 0 Å². The quantitative estimate of drug-likeness (QED) is 0.789. The minimum Gasteiger partial charge on any atom is -0.469 e. The molecule has 0 aromatic heterocycles. The normalized spacial score (nSPS) is 22.1. The summed E-state index contributed by atoms with van der Waals surface area (Å²) in [5, 5.41) is 0. The number of nitrogens with two attached hydrogens (primary N) is 1. The smallest absolute Gasteiger partial charge is 0.278 e. The van der Waals surface area contributed by atoms with Crippen LogP contribution < -0.4 is 5.73 Å². The monoisotopic (exact) mass is 222 g/mol. The number of hydrogen-bond acceptors (Lipinski definition) is 3. The molecule has 0 unspecified atom stereocenters. The van der Waals surface area contributed by atoms with Gasteiger partial charge in [0.25, 0.3) is 5.92 Å². The van der Waals surface area contributed by atoms with E-state index in [1.54, 1.807) is 0 Å². The third-order valence-corrected chi connectivity index (χ3v) is 1.84. The number of halogens is 3. The molecule has 0 spiro atoms. The van der Waals surface area contributed by atoms with Crippen molar-refractivity contribution in [2.75, 3.05) is 13.2 Å². The van der Waals surface area contributed by atoms with Gasteiger partial charge in [0.1, 0.15) is 0 Å². The Morgan fingerprint density at radius 3 is 2.80 bits per heavy atom. The number of allylic oxidation sites excluding steroid dienone is 1. The maximum atomic E-state index is 13.2. The first-order chi connectivity index (χ1) is 6.92.